The molecule has 4 aromatic rings. The summed E-state index contributed by atoms with van der Waals surface area (Å²) in [6.45, 7) is 2.83. The van der Waals surface area contributed by atoms with Crippen molar-refractivity contribution >= 4 is 9.84 Å². The summed E-state index contributed by atoms with van der Waals surface area (Å²) >= 11 is 0. The van der Waals surface area contributed by atoms with Gasteiger partial charge in [-0.2, -0.15) is 4.98 Å². The van der Waals surface area contributed by atoms with Crippen LogP contribution in [0.15, 0.2) is 75.5 Å². The lowest BCUT2D eigenvalue weighted by Crippen LogP contribution is -2.35. The van der Waals surface area contributed by atoms with Crippen molar-refractivity contribution in [2.24, 2.45) is 0 Å². The van der Waals surface area contributed by atoms with Crippen molar-refractivity contribution < 1.29 is 31.8 Å². The highest BCUT2D eigenvalue weighted by Crippen LogP contribution is 2.30. The van der Waals surface area contributed by atoms with Gasteiger partial charge in [0.2, 0.25) is 15.7 Å². The first-order valence-corrected chi connectivity index (χ1v) is 14.1. The molecule has 12 heteroatoms. The number of terminal acetylenes is 1. The standard InChI is InChI=1S/C30H27F2N3O6S/c1-5-19-10-22(15-33-14-19)20-6-8-25(9-7-20)42(38,39)28-29(36)34-27(17-41-18(2)3)35(30(28)37)26(16-40-4)21-11-23(31)13-24(32)12-21/h1,6-15,18,26,36H,16-17H2,2-4H3/t26-/m0/s1. The van der Waals surface area contributed by atoms with Crippen LogP contribution in [-0.4, -0.2) is 47.9 Å². The molecule has 0 radical (unpaired) electrons. The molecule has 0 aliphatic rings. The van der Waals surface area contributed by atoms with Crippen LogP contribution < -0.4 is 5.56 Å². The molecule has 0 saturated heterocycles. The smallest absolute Gasteiger partial charge is 0.277 e. The van der Waals surface area contributed by atoms with Gasteiger partial charge in [-0.25, -0.2) is 17.2 Å². The van der Waals surface area contributed by atoms with E-state index in [1.54, 1.807) is 26.1 Å². The number of benzene rings is 2. The zero-order valence-electron chi connectivity index (χ0n) is 22.9. The fourth-order valence-corrected chi connectivity index (χ4v) is 5.66. The van der Waals surface area contributed by atoms with E-state index in [0.29, 0.717) is 22.8 Å². The molecule has 0 bridgehead atoms. The Hall–Kier alpha value is -4.44. The fourth-order valence-electron chi connectivity index (χ4n) is 4.32. The molecule has 0 aliphatic heterocycles. The first-order chi connectivity index (χ1) is 20.0. The molecule has 2 heterocycles. The average Bonchev–Trinajstić information content (AvgIpc) is 2.94. The number of hydrogen-bond donors (Lipinski definition) is 1. The highest BCUT2D eigenvalue weighted by Gasteiger charge is 2.32. The number of methoxy groups -OCH3 is 1. The maximum atomic E-state index is 14.2. The van der Waals surface area contributed by atoms with Crippen LogP contribution in [0.1, 0.15) is 36.8 Å². The number of halogens is 2. The molecule has 0 amide bonds. The molecule has 9 nitrogen and oxygen atoms in total. The maximum Gasteiger partial charge on any atom is 0.277 e. The minimum Gasteiger partial charge on any atom is -0.492 e. The highest BCUT2D eigenvalue weighted by molar-refractivity contribution is 7.91. The van der Waals surface area contributed by atoms with Crippen molar-refractivity contribution in [2.45, 2.75) is 42.4 Å². The molecule has 0 fully saturated rings. The predicted molar refractivity (Wildman–Crippen MR) is 150 cm³/mol. The summed E-state index contributed by atoms with van der Waals surface area (Å²) in [5.41, 5.74) is 0.580. The number of nitrogens with zero attached hydrogens (tertiary/aromatic N) is 3. The van der Waals surface area contributed by atoms with Crippen LogP contribution in [-0.2, 0) is 25.9 Å². The van der Waals surface area contributed by atoms with Gasteiger partial charge >= 0.3 is 0 Å². The first kappa shape index (κ1) is 30.5. The number of ether oxygens (including phenoxy) is 2. The van der Waals surface area contributed by atoms with Gasteiger partial charge in [0.25, 0.3) is 5.56 Å². The molecule has 2 aromatic carbocycles. The summed E-state index contributed by atoms with van der Waals surface area (Å²) in [6.07, 6.45) is 8.17. The van der Waals surface area contributed by atoms with Gasteiger partial charge in [-0.05, 0) is 55.3 Å². The van der Waals surface area contributed by atoms with Crippen LogP contribution in [0.4, 0.5) is 8.78 Å². The molecule has 1 atom stereocenters. The SMILES string of the molecule is C#Cc1cncc(-c2ccc(S(=O)(=O)c3c(O)nc(COC(C)C)n([C@@H](COC)c4cc(F)cc(F)c4)c3=O)cc2)c1. The van der Waals surface area contributed by atoms with E-state index in [4.69, 9.17) is 15.9 Å². The number of hydrogen-bond acceptors (Lipinski definition) is 8. The Labute approximate surface area is 241 Å². The summed E-state index contributed by atoms with van der Waals surface area (Å²) in [5, 5.41) is 10.8. The Bertz CT molecular complexity index is 1800. The number of aromatic hydroxyl groups is 1. The number of aromatic nitrogens is 3. The van der Waals surface area contributed by atoms with E-state index in [-0.39, 0.29) is 35.6 Å². The van der Waals surface area contributed by atoms with E-state index in [1.165, 1.54) is 37.6 Å². The van der Waals surface area contributed by atoms with Crippen LogP contribution >= 0.6 is 0 Å². The van der Waals surface area contributed by atoms with Crippen molar-refractivity contribution in [3.8, 4) is 29.4 Å². The molecule has 2 aromatic heterocycles. The van der Waals surface area contributed by atoms with Gasteiger partial charge in [0.05, 0.1) is 23.6 Å². The quantitative estimate of drug-likeness (QED) is 0.270. The predicted octanol–water partition coefficient (Wildman–Crippen LogP) is 4.26. The van der Waals surface area contributed by atoms with Gasteiger partial charge in [0.1, 0.15) is 24.1 Å². The Morgan fingerprint density at radius 2 is 1.71 bits per heavy atom. The van der Waals surface area contributed by atoms with Crippen molar-refractivity contribution in [1.82, 2.24) is 14.5 Å². The number of rotatable bonds is 10. The summed E-state index contributed by atoms with van der Waals surface area (Å²) in [5.74, 6) is -0.571. The van der Waals surface area contributed by atoms with Gasteiger partial charge in [0.15, 0.2) is 4.90 Å². The van der Waals surface area contributed by atoms with E-state index >= 15 is 0 Å². The highest BCUT2D eigenvalue weighted by atomic mass is 32.2. The number of pyridine rings is 1. The molecule has 0 unspecified atom stereocenters. The molecule has 1 N–H and O–H groups in total. The second kappa shape index (κ2) is 12.6. The lowest BCUT2D eigenvalue weighted by Gasteiger charge is -2.24. The summed E-state index contributed by atoms with van der Waals surface area (Å²) < 4.78 is 67.6. The molecule has 0 saturated carbocycles. The Morgan fingerprint density at radius 1 is 1.05 bits per heavy atom. The number of sulfone groups is 1. The van der Waals surface area contributed by atoms with Gasteiger partial charge in [-0.15, -0.1) is 6.42 Å². The second-order valence-corrected chi connectivity index (χ2v) is 11.4. The Balaban J connectivity index is 1.89. The Kier molecular flexibility index (Phi) is 9.16. The minimum absolute atomic E-state index is 0.0229. The molecular formula is C30H27F2N3O6S. The van der Waals surface area contributed by atoms with Crippen molar-refractivity contribution in [3.05, 3.63) is 99.9 Å². The average molecular weight is 596 g/mol. The molecular weight excluding hydrogens is 568 g/mol. The normalized spacial score (nSPS) is 12.3. The minimum atomic E-state index is -4.65. The molecule has 218 valence electrons. The fraction of sp³-hybridized carbons (Fsp3) is 0.233. The zero-order valence-corrected chi connectivity index (χ0v) is 23.7. The largest absolute Gasteiger partial charge is 0.492 e. The van der Waals surface area contributed by atoms with Crippen molar-refractivity contribution in [2.75, 3.05) is 13.7 Å². The van der Waals surface area contributed by atoms with E-state index < -0.39 is 43.8 Å². The van der Waals surface area contributed by atoms with Gasteiger partial charge in [-0.1, -0.05) is 18.1 Å². The van der Waals surface area contributed by atoms with Gasteiger partial charge in [-0.3, -0.25) is 14.3 Å². The third-order valence-electron chi connectivity index (χ3n) is 6.25. The van der Waals surface area contributed by atoms with Crippen LogP contribution in [0.2, 0.25) is 0 Å². The van der Waals surface area contributed by atoms with E-state index in [0.717, 1.165) is 16.7 Å². The van der Waals surface area contributed by atoms with Crippen LogP contribution in [0.3, 0.4) is 0 Å². The lowest BCUT2D eigenvalue weighted by molar-refractivity contribution is 0.0557. The van der Waals surface area contributed by atoms with E-state index in [2.05, 4.69) is 15.9 Å². The van der Waals surface area contributed by atoms with Crippen LogP contribution in [0.5, 0.6) is 5.88 Å². The van der Waals surface area contributed by atoms with Crippen molar-refractivity contribution in [3.63, 3.8) is 0 Å². The summed E-state index contributed by atoms with van der Waals surface area (Å²) in [7, 11) is -3.35. The summed E-state index contributed by atoms with van der Waals surface area (Å²) in [6, 6.07) is 8.66. The molecule has 0 spiro atoms. The first-order valence-electron chi connectivity index (χ1n) is 12.6. The molecule has 0 aliphatic carbocycles. The van der Waals surface area contributed by atoms with Gasteiger partial charge in [0, 0.05) is 36.7 Å². The van der Waals surface area contributed by atoms with Crippen LogP contribution in [0.25, 0.3) is 11.1 Å². The molecule has 42 heavy (non-hydrogen) atoms. The van der Waals surface area contributed by atoms with Crippen LogP contribution in [0, 0.1) is 24.0 Å². The summed E-state index contributed by atoms with van der Waals surface area (Å²) in [4.78, 5) is 20.7. The third-order valence-corrected chi connectivity index (χ3v) is 8.04. The second-order valence-electron chi connectivity index (χ2n) is 9.52. The third kappa shape index (κ3) is 6.38. The lowest BCUT2D eigenvalue weighted by atomic mass is 10.1. The van der Waals surface area contributed by atoms with Crippen molar-refractivity contribution in [1.29, 1.82) is 0 Å². The zero-order chi connectivity index (χ0) is 30.6. The maximum absolute atomic E-state index is 14.2. The van der Waals surface area contributed by atoms with E-state index in [9.17, 15) is 27.1 Å². The molecule has 4 rings (SSSR count). The monoisotopic (exact) mass is 595 g/mol. The topological polar surface area (TPSA) is 121 Å². The van der Waals surface area contributed by atoms with Gasteiger partial charge < -0.3 is 14.6 Å². The Morgan fingerprint density at radius 3 is 2.31 bits per heavy atom. The van der Waals surface area contributed by atoms with E-state index in [1.807, 2.05) is 0 Å².